The molecule has 3 fully saturated rings. The van der Waals surface area contributed by atoms with Crippen LogP contribution in [-0.2, 0) is 4.79 Å². The molecule has 0 atom stereocenters. The van der Waals surface area contributed by atoms with E-state index in [-0.39, 0.29) is 6.79 Å². The Hall–Kier alpha value is -1.17. The van der Waals surface area contributed by atoms with Crippen LogP contribution in [0.25, 0.3) is 6.08 Å². The van der Waals surface area contributed by atoms with Gasteiger partial charge in [-0.3, -0.25) is 0 Å². The molecule has 180 valence electrons. The van der Waals surface area contributed by atoms with Crippen molar-refractivity contribution in [3.8, 4) is 11.5 Å². The second-order valence-corrected chi connectivity index (χ2v) is 20.1. The van der Waals surface area contributed by atoms with Gasteiger partial charge in [0.15, 0.2) is 11.5 Å². The fraction of sp³-hybridized carbons (Fsp3) is 0.679. The molecule has 3 aliphatic carbocycles. The minimum Gasteiger partial charge on any atom is -0.545 e. The van der Waals surface area contributed by atoms with Crippen molar-refractivity contribution in [2.24, 2.45) is 0 Å². The Bertz CT molecular complexity index is 731. The fourth-order valence-electron chi connectivity index (χ4n) is 6.49. The van der Waals surface area contributed by atoms with Gasteiger partial charge < -0.3 is 19.4 Å². The van der Waals surface area contributed by atoms with E-state index < -0.39 is 25.7 Å². The van der Waals surface area contributed by atoms with Crippen molar-refractivity contribution in [1.29, 1.82) is 0 Å². The van der Waals surface area contributed by atoms with Gasteiger partial charge in [-0.15, -0.1) is 0 Å². The maximum atomic E-state index is 10.2. The summed E-state index contributed by atoms with van der Waals surface area (Å²) >= 11 is -1.15. The minimum absolute atomic E-state index is 0.211. The van der Waals surface area contributed by atoms with Crippen LogP contribution in [0, 0.1) is 0 Å². The Labute approximate surface area is 206 Å². The van der Waals surface area contributed by atoms with Gasteiger partial charge in [-0.05, 0) is 23.8 Å². The van der Waals surface area contributed by atoms with Crippen molar-refractivity contribution >= 4 is 31.8 Å². The van der Waals surface area contributed by atoms with E-state index in [1.165, 1.54) is 17.9 Å². The third-order valence-corrected chi connectivity index (χ3v) is 21.1. The SMILES string of the molecule is C1CC[CH]([Sn+]([CH]2CCCCC2)[CH]2CCCCC2)CC1.O=C([O-])/C=C/c1ccc2c(c1)OCO2. The van der Waals surface area contributed by atoms with Crippen molar-refractivity contribution in [3.05, 3.63) is 29.8 Å². The first-order chi connectivity index (χ1) is 16.2. The van der Waals surface area contributed by atoms with Crippen LogP contribution in [0.3, 0.4) is 0 Å². The molecule has 4 aliphatic rings. The smallest absolute Gasteiger partial charge is 0.231 e. The molecule has 5 heteroatoms. The first-order valence-electron chi connectivity index (χ1n) is 13.4. The van der Waals surface area contributed by atoms with Crippen LogP contribution >= 0.6 is 0 Å². The van der Waals surface area contributed by atoms with E-state index in [9.17, 15) is 9.90 Å². The number of carbonyl (C=O) groups is 1. The molecule has 0 radical (unpaired) electrons. The van der Waals surface area contributed by atoms with E-state index in [4.69, 9.17) is 9.47 Å². The van der Waals surface area contributed by atoms with Crippen LogP contribution in [0.4, 0.5) is 0 Å². The molecule has 33 heavy (non-hydrogen) atoms. The molecular formula is C28H40O4Sn. The standard InChI is InChI=1S/C10H8O4.3C6H11.Sn/c11-10(12)4-2-7-1-3-8-9(5-7)14-6-13-8;3*1-2-4-6-5-3-1;/h1-5H,6H2,(H,11,12);3*1H,2-6H2;/q;;;;+1/p-1/b4-2+;;;;. The molecule has 0 amide bonds. The summed E-state index contributed by atoms with van der Waals surface area (Å²) in [6, 6.07) is 5.19. The van der Waals surface area contributed by atoms with Gasteiger partial charge in [-0.2, -0.15) is 0 Å². The molecule has 4 nitrogen and oxygen atoms in total. The van der Waals surface area contributed by atoms with Crippen molar-refractivity contribution in [2.75, 3.05) is 6.79 Å². The quantitative estimate of drug-likeness (QED) is 0.299. The summed E-state index contributed by atoms with van der Waals surface area (Å²) in [6.07, 6.45) is 26.6. The summed E-state index contributed by atoms with van der Waals surface area (Å²) in [6.45, 7) is 0.211. The molecule has 3 saturated carbocycles. The van der Waals surface area contributed by atoms with Crippen LogP contribution in [0.5, 0.6) is 11.5 Å². The Balaban J connectivity index is 0.000000165. The van der Waals surface area contributed by atoms with Crippen LogP contribution in [0.15, 0.2) is 24.3 Å². The predicted octanol–water partition coefficient (Wildman–Crippen LogP) is 6.66. The third-order valence-electron chi connectivity index (χ3n) is 8.04. The van der Waals surface area contributed by atoms with Gasteiger partial charge in [0.25, 0.3) is 0 Å². The monoisotopic (exact) mass is 560 g/mol. The van der Waals surface area contributed by atoms with Crippen molar-refractivity contribution in [3.63, 3.8) is 0 Å². The molecule has 0 aromatic heterocycles. The predicted molar refractivity (Wildman–Crippen MR) is 133 cm³/mol. The van der Waals surface area contributed by atoms with Gasteiger partial charge >= 0.3 is 128 Å². The number of hydrogen-bond acceptors (Lipinski definition) is 4. The molecule has 0 saturated heterocycles. The number of aliphatic carboxylic acids is 1. The molecule has 1 aromatic rings. The zero-order chi connectivity index (χ0) is 22.9. The van der Waals surface area contributed by atoms with Gasteiger partial charge in [0.05, 0.1) is 5.97 Å². The normalized spacial score (nSPS) is 22.1. The minimum atomic E-state index is -1.22. The Morgan fingerprint density at radius 2 is 1.24 bits per heavy atom. The Kier molecular flexibility index (Phi) is 9.87. The van der Waals surface area contributed by atoms with Crippen molar-refractivity contribution in [1.82, 2.24) is 0 Å². The van der Waals surface area contributed by atoms with Crippen molar-refractivity contribution in [2.45, 2.75) is 108 Å². The van der Waals surface area contributed by atoms with Crippen molar-refractivity contribution < 1.29 is 19.4 Å². The van der Waals surface area contributed by atoms with Crippen LogP contribution in [-0.4, -0.2) is 32.5 Å². The summed E-state index contributed by atoms with van der Waals surface area (Å²) in [7, 11) is 0. The van der Waals surface area contributed by atoms with Gasteiger partial charge in [-0.1, -0.05) is 12.1 Å². The second kappa shape index (κ2) is 13.1. The van der Waals surface area contributed by atoms with E-state index in [1.54, 1.807) is 115 Å². The van der Waals surface area contributed by atoms with Crippen LogP contribution in [0.1, 0.15) is 102 Å². The molecule has 5 rings (SSSR count). The van der Waals surface area contributed by atoms with Gasteiger partial charge in [0.2, 0.25) is 6.79 Å². The molecular weight excluding hydrogens is 519 g/mol. The number of carboxylic acid groups (broad SMARTS) is 1. The zero-order valence-corrected chi connectivity index (χ0v) is 22.9. The van der Waals surface area contributed by atoms with Crippen LogP contribution in [0.2, 0.25) is 11.8 Å². The summed E-state index contributed by atoms with van der Waals surface area (Å²) in [5, 5.41) is 10.2. The maximum absolute atomic E-state index is 10.2. The molecule has 1 heterocycles. The fourth-order valence-corrected chi connectivity index (χ4v) is 21.4. The largest absolute Gasteiger partial charge is 0.545 e. The maximum Gasteiger partial charge on any atom is 0.231 e. The average molecular weight is 559 g/mol. The van der Waals surface area contributed by atoms with E-state index in [0.29, 0.717) is 11.5 Å². The number of fused-ring (bicyclic) bond motifs is 1. The number of benzene rings is 1. The number of hydrogen-bond donors (Lipinski definition) is 0. The van der Waals surface area contributed by atoms with E-state index in [0.717, 1.165) is 11.6 Å². The average Bonchev–Trinajstić information content (AvgIpc) is 3.33. The second-order valence-electron chi connectivity index (χ2n) is 10.3. The third kappa shape index (κ3) is 7.40. The van der Waals surface area contributed by atoms with E-state index in [1.807, 2.05) is 0 Å². The number of carboxylic acids is 1. The number of ether oxygens (including phenoxy) is 2. The summed E-state index contributed by atoms with van der Waals surface area (Å²) in [5.41, 5.74) is 0.735. The first-order valence-corrected chi connectivity index (χ1v) is 18.3. The Morgan fingerprint density at radius 1 is 0.758 bits per heavy atom. The molecule has 0 bridgehead atoms. The molecule has 0 unspecified atom stereocenters. The van der Waals surface area contributed by atoms with Gasteiger partial charge in [0, 0.05) is 0 Å². The summed E-state index contributed by atoms with van der Waals surface area (Å²) < 4.78 is 14.2. The molecule has 1 aliphatic heterocycles. The first kappa shape index (κ1) is 24.9. The van der Waals surface area contributed by atoms with E-state index >= 15 is 0 Å². The molecule has 0 N–H and O–H groups in total. The number of carbonyl (C=O) groups excluding carboxylic acids is 1. The van der Waals surface area contributed by atoms with E-state index in [2.05, 4.69) is 0 Å². The van der Waals surface area contributed by atoms with Gasteiger partial charge in [0.1, 0.15) is 0 Å². The molecule has 1 aromatic carbocycles. The summed E-state index contributed by atoms with van der Waals surface area (Å²) in [4.78, 5) is 10.2. The Morgan fingerprint density at radius 3 is 1.73 bits per heavy atom. The summed E-state index contributed by atoms with van der Waals surface area (Å²) in [5.74, 6) is 0.0868. The van der Waals surface area contributed by atoms with Crippen LogP contribution < -0.4 is 14.6 Å². The number of rotatable bonds is 5. The van der Waals surface area contributed by atoms with Gasteiger partial charge in [-0.25, -0.2) is 0 Å². The molecule has 0 spiro atoms. The topological polar surface area (TPSA) is 58.6 Å². The zero-order valence-electron chi connectivity index (χ0n) is 20.1.